The largest absolute Gasteiger partial charge is 0.299 e. The van der Waals surface area contributed by atoms with E-state index in [4.69, 9.17) is 0 Å². The molecule has 4 unspecified atom stereocenters. The molecular weight excluding hydrogens is 328 g/mol. The Bertz CT molecular complexity index is 603. The van der Waals surface area contributed by atoms with Crippen molar-refractivity contribution in [2.45, 2.75) is 73.6 Å². The zero-order valence-corrected chi connectivity index (χ0v) is 18.1. The molecule has 4 atom stereocenters. The average Bonchev–Trinajstić information content (AvgIpc) is 3.04. The second kappa shape index (κ2) is 6.25. The Morgan fingerprint density at radius 3 is 1.60 bits per heavy atom. The standard InChI is InChI=1S/C11H16O.C10H16O.CH4S/c1-7-8-5-6-11(4,9(7)12)10(8,2)3;1-9(2)7-4-5-10(9,3)8(11)6-7;1-2/h8H,1,5-6H2,2-4H3;7H,4-6H2,1-3H3;2H,1H3. The summed E-state index contributed by atoms with van der Waals surface area (Å²) in [5.74, 6) is 1.97. The molecule has 4 fully saturated rings. The van der Waals surface area contributed by atoms with Crippen LogP contribution < -0.4 is 0 Å². The van der Waals surface area contributed by atoms with Gasteiger partial charge in [0.25, 0.3) is 0 Å². The van der Waals surface area contributed by atoms with Crippen LogP contribution in [0.1, 0.15) is 73.6 Å². The summed E-state index contributed by atoms with van der Waals surface area (Å²) in [6, 6.07) is 0. The SMILES string of the molecule is C=C1C(=O)C2(C)CCC1C2(C)C.CC12CCC(CC1=O)C2(C)C.CS. The van der Waals surface area contributed by atoms with Gasteiger partial charge in [-0.05, 0) is 60.2 Å². The van der Waals surface area contributed by atoms with E-state index >= 15 is 0 Å². The molecule has 4 aliphatic rings. The number of ketones is 2. The molecule has 4 aliphatic carbocycles. The minimum absolute atomic E-state index is 0.0255. The molecule has 2 nitrogen and oxygen atoms in total. The second-order valence-electron chi connectivity index (χ2n) is 9.92. The molecule has 0 aromatic heterocycles. The molecule has 0 saturated heterocycles. The number of hydrogen-bond acceptors (Lipinski definition) is 3. The third-order valence-corrected chi connectivity index (χ3v) is 8.92. The molecule has 0 spiro atoms. The molecule has 0 N–H and O–H groups in total. The van der Waals surface area contributed by atoms with Crippen LogP contribution in [-0.4, -0.2) is 17.8 Å². The van der Waals surface area contributed by atoms with Crippen LogP contribution in [0.5, 0.6) is 0 Å². The summed E-state index contributed by atoms with van der Waals surface area (Å²) in [6.45, 7) is 17.1. The maximum Gasteiger partial charge on any atom is 0.164 e. The summed E-state index contributed by atoms with van der Waals surface area (Å²) in [4.78, 5) is 23.4. The fourth-order valence-electron chi connectivity index (χ4n) is 5.93. The topological polar surface area (TPSA) is 34.1 Å². The van der Waals surface area contributed by atoms with Crippen LogP contribution in [0.15, 0.2) is 12.2 Å². The van der Waals surface area contributed by atoms with Gasteiger partial charge in [-0.3, -0.25) is 9.59 Å². The number of carbonyl (C=O) groups is 2. The molecule has 142 valence electrons. The molecule has 4 rings (SSSR count). The van der Waals surface area contributed by atoms with E-state index in [9.17, 15) is 9.59 Å². The van der Waals surface area contributed by atoms with Gasteiger partial charge < -0.3 is 0 Å². The number of allylic oxidation sites excluding steroid dienone is 1. The first-order valence-corrected chi connectivity index (χ1v) is 10.5. The van der Waals surface area contributed by atoms with Crippen molar-refractivity contribution in [2.75, 3.05) is 6.26 Å². The Labute approximate surface area is 159 Å². The third-order valence-electron chi connectivity index (χ3n) is 8.92. The number of hydrogen-bond donors (Lipinski definition) is 1. The molecule has 0 aromatic rings. The van der Waals surface area contributed by atoms with Crippen molar-refractivity contribution in [1.82, 2.24) is 0 Å². The summed E-state index contributed by atoms with van der Waals surface area (Å²) in [5.41, 5.74) is 1.24. The second-order valence-corrected chi connectivity index (χ2v) is 9.92. The normalized spacial score (nSPS) is 42.0. The van der Waals surface area contributed by atoms with E-state index < -0.39 is 0 Å². The fourth-order valence-corrected chi connectivity index (χ4v) is 5.93. The van der Waals surface area contributed by atoms with Crippen molar-refractivity contribution >= 4 is 24.2 Å². The predicted octanol–water partition coefficient (Wildman–Crippen LogP) is 5.52. The Balaban J connectivity index is 0.000000165. The van der Waals surface area contributed by atoms with Gasteiger partial charge >= 0.3 is 0 Å². The molecule has 3 heteroatoms. The van der Waals surface area contributed by atoms with Gasteiger partial charge in [0.2, 0.25) is 0 Å². The Morgan fingerprint density at radius 1 is 0.880 bits per heavy atom. The van der Waals surface area contributed by atoms with Gasteiger partial charge in [0, 0.05) is 17.3 Å². The zero-order valence-electron chi connectivity index (χ0n) is 17.2. The van der Waals surface area contributed by atoms with Gasteiger partial charge in [-0.1, -0.05) is 48.1 Å². The quantitative estimate of drug-likeness (QED) is 0.454. The van der Waals surface area contributed by atoms with Crippen molar-refractivity contribution in [3.05, 3.63) is 12.2 Å². The van der Waals surface area contributed by atoms with Crippen LogP contribution in [0.2, 0.25) is 0 Å². The molecule has 0 amide bonds. The van der Waals surface area contributed by atoms with Gasteiger partial charge in [-0.15, -0.1) is 0 Å². The first-order chi connectivity index (χ1) is 11.4. The van der Waals surface area contributed by atoms with Crippen LogP contribution in [-0.2, 0) is 9.59 Å². The number of carbonyl (C=O) groups excluding carboxylic acids is 2. The zero-order chi connectivity index (χ0) is 19.4. The van der Waals surface area contributed by atoms with Crippen molar-refractivity contribution in [1.29, 1.82) is 0 Å². The lowest BCUT2D eigenvalue weighted by Gasteiger charge is -2.32. The Hall–Kier alpha value is -0.570. The van der Waals surface area contributed by atoms with E-state index in [0.717, 1.165) is 31.3 Å². The number of rotatable bonds is 0. The Kier molecular flexibility index (Phi) is 5.18. The maximum atomic E-state index is 11.8. The molecule has 4 bridgehead atoms. The lowest BCUT2D eigenvalue weighted by Crippen LogP contribution is -2.32. The van der Waals surface area contributed by atoms with Gasteiger partial charge in [0.15, 0.2) is 5.78 Å². The van der Waals surface area contributed by atoms with Crippen LogP contribution in [0.3, 0.4) is 0 Å². The number of fused-ring (bicyclic) bond motifs is 4. The lowest BCUT2D eigenvalue weighted by atomic mass is 9.70. The van der Waals surface area contributed by atoms with Crippen molar-refractivity contribution in [2.24, 2.45) is 33.5 Å². The molecular formula is C22H36O2S. The first-order valence-electron chi connectivity index (χ1n) is 9.61. The van der Waals surface area contributed by atoms with Crippen LogP contribution >= 0.6 is 12.6 Å². The fraction of sp³-hybridized carbons (Fsp3) is 0.818. The summed E-state index contributed by atoms with van der Waals surface area (Å²) in [5, 5.41) is 0. The van der Waals surface area contributed by atoms with E-state index in [0.29, 0.717) is 23.4 Å². The number of thiol groups is 1. The highest BCUT2D eigenvalue weighted by molar-refractivity contribution is 7.79. The highest BCUT2D eigenvalue weighted by atomic mass is 32.1. The highest BCUT2D eigenvalue weighted by Crippen LogP contribution is 2.65. The first kappa shape index (κ1) is 20.7. The summed E-state index contributed by atoms with van der Waals surface area (Å²) < 4.78 is 0. The smallest absolute Gasteiger partial charge is 0.164 e. The van der Waals surface area contributed by atoms with Gasteiger partial charge in [0.05, 0.1) is 0 Å². The van der Waals surface area contributed by atoms with Crippen LogP contribution in [0, 0.1) is 33.5 Å². The highest BCUT2D eigenvalue weighted by Gasteiger charge is 2.63. The molecule has 0 radical (unpaired) electrons. The van der Waals surface area contributed by atoms with Gasteiger partial charge in [-0.25, -0.2) is 0 Å². The summed E-state index contributed by atoms with van der Waals surface area (Å²) in [6.07, 6.45) is 7.17. The summed E-state index contributed by atoms with van der Waals surface area (Å²) in [7, 11) is 0. The molecule has 25 heavy (non-hydrogen) atoms. The molecule has 0 aromatic carbocycles. The summed E-state index contributed by atoms with van der Waals surface area (Å²) >= 11 is 3.53. The van der Waals surface area contributed by atoms with Crippen molar-refractivity contribution in [3.63, 3.8) is 0 Å². The average molecular weight is 365 g/mol. The van der Waals surface area contributed by atoms with E-state index in [1.54, 1.807) is 6.26 Å². The molecule has 0 aliphatic heterocycles. The third kappa shape index (κ3) is 2.51. The Morgan fingerprint density at radius 2 is 1.40 bits per heavy atom. The monoisotopic (exact) mass is 364 g/mol. The number of Topliss-reactive ketones (excluding diaryl/α,β-unsaturated/α-hetero) is 2. The molecule has 4 saturated carbocycles. The van der Waals surface area contributed by atoms with Crippen molar-refractivity contribution in [3.8, 4) is 0 Å². The van der Waals surface area contributed by atoms with E-state index in [-0.39, 0.29) is 21.7 Å². The van der Waals surface area contributed by atoms with Crippen LogP contribution in [0.4, 0.5) is 0 Å². The van der Waals surface area contributed by atoms with Crippen LogP contribution in [0.25, 0.3) is 0 Å². The van der Waals surface area contributed by atoms with E-state index in [1.165, 1.54) is 6.42 Å². The van der Waals surface area contributed by atoms with Gasteiger partial charge in [-0.2, -0.15) is 12.6 Å². The van der Waals surface area contributed by atoms with E-state index in [2.05, 4.69) is 60.8 Å². The molecule has 0 heterocycles. The van der Waals surface area contributed by atoms with E-state index in [1.807, 2.05) is 0 Å². The minimum atomic E-state index is -0.102. The maximum absolute atomic E-state index is 11.8. The van der Waals surface area contributed by atoms with Crippen molar-refractivity contribution < 1.29 is 9.59 Å². The predicted molar refractivity (Wildman–Crippen MR) is 108 cm³/mol. The minimum Gasteiger partial charge on any atom is -0.299 e. The van der Waals surface area contributed by atoms with Gasteiger partial charge in [0.1, 0.15) is 5.78 Å². The lowest BCUT2D eigenvalue weighted by molar-refractivity contribution is -0.128.